The summed E-state index contributed by atoms with van der Waals surface area (Å²) in [6, 6.07) is 0.521. The summed E-state index contributed by atoms with van der Waals surface area (Å²) < 4.78 is 16.3. The zero-order valence-corrected chi connectivity index (χ0v) is 13.2. The molecule has 0 aromatic carbocycles. The van der Waals surface area contributed by atoms with Crippen LogP contribution in [-0.2, 0) is 14.2 Å². The lowest BCUT2D eigenvalue weighted by Crippen LogP contribution is -2.27. The van der Waals surface area contributed by atoms with Crippen LogP contribution in [0, 0.1) is 5.92 Å². The third-order valence-corrected chi connectivity index (χ3v) is 2.61. The highest BCUT2D eigenvalue weighted by atomic mass is 16.5. The Bertz CT molecular complexity index is 157. The summed E-state index contributed by atoms with van der Waals surface area (Å²) in [7, 11) is 0. The molecule has 0 aromatic heterocycles. The van der Waals surface area contributed by atoms with Crippen LogP contribution >= 0.6 is 0 Å². The fourth-order valence-corrected chi connectivity index (χ4v) is 1.56. The predicted octanol–water partition coefficient (Wildman–Crippen LogP) is 2.47. The summed E-state index contributed by atoms with van der Waals surface area (Å²) in [6.45, 7) is 13.9. The van der Waals surface area contributed by atoms with Crippen molar-refractivity contribution in [2.24, 2.45) is 5.92 Å². The average Bonchev–Trinajstić information content (AvgIpc) is 2.34. The van der Waals surface area contributed by atoms with Gasteiger partial charge in [-0.3, -0.25) is 0 Å². The Morgan fingerprint density at radius 1 is 0.737 bits per heavy atom. The molecule has 0 aromatic rings. The highest BCUT2D eigenvalue weighted by Gasteiger charge is 1.95. The van der Waals surface area contributed by atoms with Crippen LogP contribution in [0.1, 0.15) is 40.5 Å². The Kier molecular flexibility index (Phi) is 14.1. The van der Waals surface area contributed by atoms with Crippen molar-refractivity contribution in [3.05, 3.63) is 0 Å². The zero-order valence-electron chi connectivity index (χ0n) is 13.2. The van der Waals surface area contributed by atoms with E-state index in [1.165, 1.54) is 6.42 Å². The molecule has 4 heteroatoms. The van der Waals surface area contributed by atoms with Crippen molar-refractivity contribution in [1.29, 1.82) is 0 Å². The van der Waals surface area contributed by atoms with Crippen molar-refractivity contribution in [3.63, 3.8) is 0 Å². The molecule has 0 atom stereocenters. The van der Waals surface area contributed by atoms with Gasteiger partial charge in [0.15, 0.2) is 0 Å². The van der Waals surface area contributed by atoms with Crippen molar-refractivity contribution < 1.29 is 14.2 Å². The van der Waals surface area contributed by atoms with E-state index >= 15 is 0 Å². The molecule has 0 rings (SSSR count). The monoisotopic (exact) mass is 275 g/mol. The fourth-order valence-electron chi connectivity index (χ4n) is 1.56. The van der Waals surface area contributed by atoms with E-state index in [0.717, 1.165) is 32.1 Å². The van der Waals surface area contributed by atoms with Gasteiger partial charge in [-0.05, 0) is 18.8 Å². The lowest BCUT2D eigenvalue weighted by molar-refractivity contribution is 0.0140. The predicted molar refractivity (Wildman–Crippen MR) is 79.7 cm³/mol. The molecular formula is C15H33NO3. The molecule has 0 spiro atoms. The van der Waals surface area contributed by atoms with Crippen LogP contribution in [0.3, 0.4) is 0 Å². The molecule has 0 aliphatic heterocycles. The molecular weight excluding hydrogens is 242 g/mol. The summed E-state index contributed by atoms with van der Waals surface area (Å²) in [4.78, 5) is 0. The molecule has 0 amide bonds. The summed E-state index contributed by atoms with van der Waals surface area (Å²) in [6.07, 6.45) is 2.38. The van der Waals surface area contributed by atoms with Gasteiger partial charge < -0.3 is 19.5 Å². The van der Waals surface area contributed by atoms with Gasteiger partial charge in [0.2, 0.25) is 0 Å². The van der Waals surface area contributed by atoms with Gasteiger partial charge in [-0.2, -0.15) is 0 Å². The molecule has 4 nitrogen and oxygen atoms in total. The molecule has 0 radical (unpaired) electrons. The van der Waals surface area contributed by atoms with Gasteiger partial charge in [-0.15, -0.1) is 0 Å². The molecule has 19 heavy (non-hydrogen) atoms. The molecule has 0 fully saturated rings. The Labute approximate surface area is 119 Å². The first-order valence-corrected chi connectivity index (χ1v) is 7.59. The first-order chi connectivity index (χ1) is 9.13. The minimum atomic E-state index is 0.521. The fraction of sp³-hybridized carbons (Fsp3) is 1.00. The maximum atomic E-state index is 5.48. The molecule has 0 saturated heterocycles. The van der Waals surface area contributed by atoms with Crippen molar-refractivity contribution in [1.82, 2.24) is 5.32 Å². The highest BCUT2D eigenvalue weighted by Crippen LogP contribution is 2.02. The van der Waals surface area contributed by atoms with Crippen molar-refractivity contribution in [3.8, 4) is 0 Å². The quantitative estimate of drug-likeness (QED) is 0.494. The maximum absolute atomic E-state index is 5.48. The third-order valence-electron chi connectivity index (χ3n) is 2.61. The third kappa shape index (κ3) is 17.8. The van der Waals surface area contributed by atoms with Gasteiger partial charge >= 0.3 is 0 Å². The lowest BCUT2D eigenvalue weighted by Gasteiger charge is -2.09. The van der Waals surface area contributed by atoms with E-state index in [2.05, 4.69) is 33.0 Å². The topological polar surface area (TPSA) is 39.7 Å². The molecule has 0 aliphatic carbocycles. The molecule has 0 heterocycles. The van der Waals surface area contributed by atoms with Gasteiger partial charge in [0.05, 0.1) is 33.0 Å². The summed E-state index contributed by atoms with van der Waals surface area (Å²) >= 11 is 0. The van der Waals surface area contributed by atoms with E-state index < -0.39 is 0 Å². The van der Waals surface area contributed by atoms with Crippen molar-refractivity contribution in [2.45, 2.75) is 46.6 Å². The summed E-state index contributed by atoms with van der Waals surface area (Å²) in [5, 5.41) is 3.30. The van der Waals surface area contributed by atoms with Gasteiger partial charge in [0.25, 0.3) is 0 Å². The summed E-state index contributed by atoms with van der Waals surface area (Å²) in [5.74, 6) is 0.766. The second kappa shape index (κ2) is 14.3. The molecule has 0 bridgehead atoms. The van der Waals surface area contributed by atoms with Gasteiger partial charge in [0, 0.05) is 19.2 Å². The Morgan fingerprint density at radius 3 is 1.79 bits per heavy atom. The van der Waals surface area contributed by atoms with E-state index in [-0.39, 0.29) is 0 Å². The van der Waals surface area contributed by atoms with Crippen molar-refractivity contribution in [2.75, 3.05) is 46.2 Å². The van der Waals surface area contributed by atoms with Crippen LogP contribution in [0.25, 0.3) is 0 Å². The number of hydrogen-bond donors (Lipinski definition) is 1. The Morgan fingerprint density at radius 2 is 1.26 bits per heavy atom. The van der Waals surface area contributed by atoms with E-state index in [0.29, 0.717) is 32.5 Å². The van der Waals surface area contributed by atoms with E-state index in [1.54, 1.807) is 0 Å². The maximum Gasteiger partial charge on any atom is 0.0701 e. The number of hydrogen-bond acceptors (Lipinski definition) is 4. The first kappa shape index (κ1) is 18.8. The van der Waals surface area contributed by atoms with Crippen LogP contribution in [0.4, 0.5) is 0 Å². The molecule has 0 aliphatic rings. The van der Waals surface area contributed by atoms with Crippen LogP contribution < -0.4 is 5.32 Å². The van der Waals surface area contributed by atoms with Crippen molar-refractivity contribution >= 4 is 0 Å². The van der Waals surface area contributed by atoms with Crippen LogP contribution in [0.15, 0.2) is 0 Å². The zero-order chi connectivity index (χ0) is 14.3. The second-order valence-electron chi connectivity index (χ2n) is 5.48. The molecule has 0 unspecified atom stereocenters. The Hall–Kier alpha value is -0.160. The average molecular weight is 275 g/mol. The van der Waals surface area contributed by atoms with Crippen LogP contribution in [-0.4, -0.2) is 52.2 Å². The lowest BCUT2D eigenvalue weighted by atomic mass is 10.1. The normalized spacial score (nSPS) is 11.7. The van der Waals surface area contributed by atoms with Gasteiger partial charge in [0.1, 0.15) is 0 Å². The largest absolute Gasteiger partial charge is 0.379 e. The highest BCUT2D eigenvalue weighted by molar-refractivity contribution is 4.50. The van der Waals surface area contributed by atoms with Crippen LogP contribution in [0.5, 0.6) is 0 Å². The number of rotatable bonds is 14. The van der Waals surface area contributed by atoms with Crippen LogP contribution in [0.2, 0.25) is 0 Å². The summed E-state index contributed by atoms with van der Waals surface area (Å²) in [5.41, 5.74) is 0. The Balaban J connectivity index is 2.95. The standard InChI is InChI=1S/C15H33NO3/c1-14(2)6-5-8-17-10-12-19-13-11-18-9-7-16-15(3)4/h14-16H,5-13H2,1-4H3. The van der Waals surface area contributed by atoms with Gasteiger partial charge in [-0.1, -0.05) is 27.7 Å². The first-order valence-electron chi connectivity index (χ1n) is 7.59. The number of ether oxygens (including phenoxy) is 3. The molecule has 116 valence electrons. The molecule has 1 N–H and O–H groups in total. The van der Waals surface area contributed by atoms with E-state index in [4.69, 9.17) is 14.2 Å². The smallest absolute Gasteiger partial charge is 0.0701 e. The minimum absolute atomic E-state index is 0.521. The molecule has 0 saturated carbocycles. The van der Waals surface area contributed by atoms with E-state index in [9.17, 15) is 0 Å². The van der Waals surface area contributed by atoms with E-state index in [1.807, 2.05) is 0 Å². The minimum Gasteiger partial charge on any atom is -0.379 e. The second-order valence-corrected chi connectivity index (χ2v) is 5.48. The number of nitrogens with one attached hydrogen (secondary N) is 1. The SMILES string of the molecule is CC(C)CCCOCCOCCOCCNC(C)C. The van der Waals surface area contributed by atoms with Gasteiger partial charge in [-0.25, -0.2) is 0 Å².